The Balaban J connectivity index is 1.94. The standard InChI is InChI=1S/C23H29NO6/c1-7-28-22(27)21-15(3)24-14(2)20(21)18(25)12-30-19(26)13-29-17-10-8-16(9-11-17)23(4,5)6/h8-11,24H,7,12-13H2,1-6H3. The molecule has 0 bridgehead atoms. The third-order valence-electron chi connectivity index (χ3n) is 4.57. The Morgan fingerprint density at radius 3 is 2.07 bits per heavy atom. The zero-order valence-corrected chi connectivity index (χ0v) is 18.4. The Morgan fingerprint density at radius 1 is 0.900 bits per heavy atom. The van der Waals surface area contributed by atoms with Crippen molar-refractivity contribution < 1.29 is 28.6 Å². The molecule has 0 aliphatic rings. The van der Waals surface area contributed by atoms with Crippen LogP contribution in [-0.4, -0.2) is 42.5 Å². The smallest absolute Gasteiger partial charge is 0.344 e. The molecule has 2 rings (SSSR count). The minimum Gasteiger partial charge on any atom is -0.482 e. The van der Waals surface area contributed by atoms with E-state index in [9.17, 15) is 14.4 Å². The first kappa shape index (κ1) is 23.2. The van der Waals surface area contributed by atoms with Crippen LogP contribution in [0, 0.1) is 13.8 Å². The van der Waals surface area contributed by atoms with Crippen LogP contribution in [0.2, 0.25) is 0 Å². The van der Waals surface area contributed by atoms with Crippen molar-refractivity contribution >= 4 is 17.7 Å². The van der Waals surface area contributed by atoms with E-state index in [0.29, 0.717) is 17.1 Å². The number of aromatic amines is 1. The highest BCUT2D eigenvalue weighted by Gasteiger charge is 2.26. The molecule has 0 fully saturated rings. The number of hydrogen-bond acceptors (Lipinski definition) is 6. The maximum atomic E-state index is 12.6. The fraction of sp³-hybridized carbons (Fsp3) is 0.435. The monoisotopic (exact) mass is 415 g/mol. The van der Waals surface area contributed by atoms with Crippen molar-refractivity contribution in [2.24, 2.45) is 0 Å². The van der Waals surface area contributed by atoms with Crippen molar-refractivity contribution in [2.45, 2.75) is 47.0 Å². The summed E-state index contributed by atoms with van der Waals surface area (Å²) < 4.78 is 15.5. The average molecular weight is 415 g/mol. The van der Waals surface area contributed by atoms with Crippen molar-refractivity contribution in [3.8, 4) is 5.75 Å². The van der Waals surface area contributed by atoms with Gasteiger partial charge in [-0.3, -0.25) is 4.79 Å². The number of rotatable bonds is 8. The molecule has 0 saturated heterocycles. The largest absolute Gasteiger partial charge is 0.482 e. The number of carbonyl (C=O) groups excluding carboxylic acids is 3. The minimum atomic E-state index is -0.675. The molecule has 0 unspecified atom stereocenters. The van der Waals surface area contributed by atoms with E-state index in [1.807, 2.05) is 12.1 Å². The van der Waals surface area contributed by atoms with Gasteiger partial charge >= 0.3 is 11.9 Å². The highest BCUT2D eigenvalue weighted by Crippen LogP contribution is 2.24. The Morgan fingerprint density at radius 2 is 1.50 bits per heavy atom. The van der Waals surface area contributed by atoms with Gasteiger partial charge in [-0.05, 0) is 43.9 Å². The van der Waals surface area contributed by atoms with Crippen LogP contribution in [0.5, 0.6) is 5.75 Å². The number of carbonyl (C=O) groups is 3. The van der Waals surface area contributed by atoms with Gasteiger partial charge in [0.2, 0.25) is 5.78 Å². The Kier molecular flexibility index (Phi) is 7.43. The first-order valence-corrected chi connectivity index (χ1v) is 9.83. The molecule has 2 aromatic rings. The molecule has 1 aromatic carbocycles. The maximum Gasteiger partial charge on any atom is 0.344 e. The lowest BCUT2D eigenvalue weighted by Gasteiger charge is -2.19. The number of nitrogens with one attached hydrogen (secondary N) is 1. The number of ketones is 1. The summed E-state index contributed by atoms with van der Waals surface area (Å²) in [6, 6.07) is 7.46. The number of H-pyrrole nitrogens is 1. The van der Waals surface area contributed by atoms with Gasteiger partial charge in [0.15, 0.2) is 13.2 Å². The molecule has 1 N–H and O–H groups in total. The Labute approximate surface area is 176 Å². The Hall–Kier alpha value is -3.09. The molecule has 1 aromatic heterocycles. The molecule has 7 heteroatoms. The number of benzene rings is 1. The highest BCUT2D eigenvalue weighted by molar-refractivity contribution is 6.09. The van der Waals surface area contributed by atoms with Gasteiger partial charge in [-0.25, -0.2) is 9.59 Å². The van der Waals surface area contributed by atoms with Crippen LogP contribution in [0.4, 0.5) is 0 Å². The topological polar surface area (TPSA) is 94.7 Å². The van der Waals surface area contributed by atoms with Crippen LogP contribution in [0.3, 0.4) is 0 Å². The summed E-state index contributed by atoms with van der Waals surface area (Å²) in [5.74, 6) is -1.21. The van der Waals surface area contributed by atoms with E-state index in [1.165, 1.54) is 0 Å². The molecule has 1 heterocycles. The number of aryl methyl sites for hydroxylation is 2. The normalized spacial score (nSPS) is 11.1. The molecule has 0 radical (unpaired) electrons. The van der Waals surface area contributed by atoms with E-state index in [2.05, 4.69) is 25.8 Å². The van der Waals surface area contributed by atoms with Gasteiger partial charge < -0.3 is 19.2 Å². The van der Waals surface area contributed by atoms with E-state index in [4.69, 9.17) is 14.2 Å². The second-order valence-corrected chi connectivity index (χ2v) is 7.99. The van der Waals surface area contributed by atoms with Crippen LogP contribution in [0.1, 0.15) is 65.4 Å². The van der Waals surface area contributed by atoms with Crippen molar-refractivity contribution in [1.29, 1.82) is 0 Å². The molecule has 0 spiro atoms. The molecule has 0 aliphatic heterocycles. The highest BCUT2D eigenvalue weighted by atomic mass is 16.6. The lowest BCUT2D eigenvalue weighted by Crippen LogP contribution is -2.21. The summed E-state index contributed by atoms with van der Waals surface area (Å²) in [6.07, 6.45) is 0. The minimum absolute atomic E-state index is 0.0228. The maximum absolute atomic E-state index is 12.6. The number of aromatic nitrogens is 1. The second-order valence-electron chi connectivity index (χ2n) is 7.99. The number of ether oxygens (including phenoxy) is 3. The van der Waals surface area contributed by atoms with Gasteiger partial charge in [-0.1, -0.05) is 32.9 Å². The first-order valence-electron chi connectivity index (χ1n) is 9.83. The lowest BCUT2D eigenvalue weighted by molar-refractivity contribution is -0.144. The third-order valence-corrected chi connectivity index (χ3v) is 4.57. The zero-order chi connectivity index (χ0) is 22.5. The summed E-state index contributed by atoms with van der Waals surface area (Å²) in [6.45, 7) is 10.8. The molecular weight excluding hydrogens is 386 g/mol. The van der Waals surface area contributed by atoms with E-state index in [1.54, 1.807) is 32.9 Å². The van der Waals surface area contributed by atoms with Crippen molar-refractivity contribution in [1.82, 2.24) is 4.98 Å². The summed E-state index contributed by atoms with van der Waals surface area (Å²) in [7, 11) is 0. The van der Waals surface area contributed by atoms with Gasteiger partial charge in [-0.15, -0.1) is 0 Å². The zero-order valence-electron chi connectivity index (χ0n) is 18.4. The summed E-state index contributed by atoms with van der Waals surface area (Å²) in [5, 5.41) is 0. The van der Waals surface area contributed by atoms with Crippen LogP contribution >= 0.6 is 0 Å². The molecule has 0 atom stereocenters. The summed E-state index contributed by atoms with van der Waals surface area (Å²) >= 11 is 0. The van der Waals surface area contributed by atoms with Crippen LogP contribution < -0.4 is 4.74 Å². The van der Waals surface area contributed by atoms with E-state index >= 15 is 0 Å². The Bertz CT molecular complexity index is 918. The number of hydrogen-bond donors (Lipinski definition) is 1. The van der Waals surface area contributed by atoms with Crippen molar-refractivity contribution in [3.63, 3.8) is 0 Å². The van der Waals surface area contributed by atoms with Crippen LogP contribution in [0.15, 0.2) is 24.3 Å². The number of Topliss-reactive ketones (excluding diaryl/α,β-unsaturated/α-hetero) is 1. The van der Waals surface area contributed by atoms with E-state index < -0.39 is 24.3 Å². The van der Waals surface area contributed by atoms with Gasteiger partial charge in [0.05, 0.1) is 17.7 Å². The summed E-state index contributed by atoms with van der Waals surface area (Å²) in [5.41, 5.74) is 2.57. The van der Waals surface area contributed by atoms with E-state index in [0.717, 1.165) is 5.56 Å². The van der Waals surface area contributed by atoms with Gasteiger partial charge in [0.1, 0.15) is 5.75 Å². The predicted molar refractivity (Wildman–Crippen MR) is 112 cm³/mol. The van der Waals surface area contributed by atoms with Crippen LogP contribution in [0.25, 0.3) is 0 Å². The number of esters is 2. The first-order chi connectivity index (χ1) is 14.0. The quantitative estimate of drug-likeness (QED) is 0.519. The molecule has 0 saturated carbocycles. The average Bonchev–Trinajstić information content (AvgIpc) is 2.98. The fourth-order valence-corrected chi connectivity index (χ4v) is 3.04. The molecular formula is C23H29NO6. The van der Waals surface area contributed by atoms with Crippen LogP contribution in [-0.2, 0) is 19.7 Å². The van der Waals surface area contributed by atoms with E-state index in [-0.39, 0.29) is 29.8 Å². The SMILES string of the molecule is CCOC(=O)c1c(C)[nH]c(C)c1C(=O)COC(=O)COc1ccc(C(C)(C)C)cc1. The molecule has 0 aliphatic carbocycles. The van der Waals surface area contributed by atoms with Gasteiger partial charge in [0, 0.05) is 11.4 Å². The molecule has 0 amide bonds. The third kappa shape index (κ3) is 5.72. The van der Waals surface area contributed by atoms with Gasteiger partial charge in [0.25, 0.3) is 0 Å². The predicted octanol–water partition coefficient (Wildman–Crippen LogP) is 3.91. The molecule has 162 valence electrons. The van der Waals surface area contributed by atoms with Crippen molar-refractivity contribution in [3.05, 3.63) is 52.3 Å². The molecule has 30 heavy (non-hydrogen) atoms. The summed E-state index contributed by atoms with van der Waals surface area (Å²) in [4.78, 5) is 39.7. The van der Waals surface area contributed by atoms with Gasteiger partial charge in [-0.2, -0.15) is 0 Å². The second kappa shape index (κ2) is 9.61. The molecule has 7 nitrogen and oxygen atoms in total. The lowest BCUT2D eigenvalue weighted by atomic mass is 9.87. The van der Waals surface area contributed by atoms with Crippen molar-refractivity contribution in [2.75, 3.05) is 19.8 Å². The fourth-order valence-electron chi connectivity index (χ4n) is 3.04.